The number of carbonyl (C=O) groups excluding carboxylic acids is 1. The van der Waals surface area contributed by atoms with Crippen molar-refractivity contribution in [2.45, 2.75) is 38.8 Å². The number of hydrogen-bond donors (Lipinski definition) is 4. The number of aliphatic hydroxyl groups excluding tert-OH is 1. The quantitative estimate of drug-likeness (QED) is 0.208. The second-order valence-electron chi connectivity index (χ2n) is 9.51. The number of esters is 1. The van der Waals surface area contributed by atoms with E-state index in [1.165, 1.54) is 6.20 Å². The van der Waals surface area contributed by atoms with Crippen LogP contribution in [0.15, 0.2) is 65.6 Å². The summed E-state index contributed by atoms with van der Waals surface area (Å²) in [6, 6.07) is 16.3. The monoisotopic (exact) mass is 520 g/mol. The number of fused-ring (bicyclic) bond motifs is 1. The predicted octanol–water partition coefficient (Wildman–Crippen LogP) is 3.57. The zero-order valence-electron chi connectivity index (χ0n) is 21.6. The molecule has 10 heteroatoms. The number of hydrogen-bond acceptors (Lipinski definition) is 8. The van der Waals surface area contributed by atoms with Crippen molar-refractivity contribution in [3.05, 3.63) is 82.5 Å². The molecule has 0 saturated heterocycles. The minimum absolute atomic E-state index is 0.0804. The molecule has 0 spiro atoms. The molecule has 0 aliphatic heterocycles. The fourth-order valence-electron chi connectivity index (χ4n) is 3.94. The van der Waals surface area contributed by atoms with Crippen LogP contribution in [0.3, 0.4) is 0 Å². The molecule has 0 unspecified atom stereocenters. The summed E-state index contributed by atoms with van der Waals surface area (Å²) in [5.74, 6) is 1.21. The first-order valence-electron chi connectivity index (χ1n) is 12.4. The van der Waals surface area contributed by atoms with E-state index in [1.54, 1.807) is 37.3 Å². The van der Waals surface area contributed by atoms with Gasteiger partial charge in [-0.05, 0) is 69.2 Å². The minimum Gasteiger partial charge on any atom is -0.489 e. The van der Waals surface area contributed by atoms with Crippen molar-refractivity contribution >= 4 is 17.0 Å². The van der Waals surface area contributed by atoms with Gasteiger partial charge in [0.2, 0.25) is 0 Å². The van der Waals surface area contributed by atoms with Crippen LogP contribution in [0.4, 0.5) is 0 Å². The number of aromatic amines is 2. The molecule has 1 atom stereocenters. The van der Waals surface area contributed by atoms with Gasteiger partial charge in [-0.2, -0.15) is 0 Å². The Hall–Kier alpha value is -4.15. The number of benzene rings is 2. The largest absolute Gasteiger partial charge is 0.489 e. The molecule has 2 heterocycles. The molecule has 0 amide bonds. The van der Waals surface area contributed by atoms with Crippen LogP contribution < -0.4 is 20.5 Å². The molecule has 4 aromatic rings. The molecule has 38 heavy (non-hydrogen) atoms. The van der Waals surface area contributed by atoms with E-state index in [0.717, 1.165) is 12.0 Å². The summed E-state index contributed by atoms with van der Waals surface area (Å²) in [6.07, 6.45) is 1.47. The summed E-state index contributed by atoms with van der Waals surface area (Å²) >= 11 is 0. The molecule has 0 fully saturated rings. The van der Waals surface area contributed by atoms with Crippen molar-refractivity contribution < 1.29 is 24.1 Å². The number of β-amino-alcohol motifs (C(OH)–C–C–N with tert-alkyl or cyclic N) is 1. The standard InChI is InChI=1S/C28H32N4O6/c1-4-36-26(34)23-13-12-21(16-29-23)38-20-10-8-18(9-11-20)14-28(2,3)30-15-19(33)17-37-24-7-5-6-22-25(24)32-27(35)31-22/h5-13,16,19,30,33H,4,14-15,17H2,1-3H3,(H2,31,32,35)/t19-/m0/s1. The van der Waals surface area contributed by atoms with Crippen LogP contribution in [-0.4, -0.2) is 57.4 Å². The highest BCUT2D eigenvalue weighted by Crippen LogP contribution is 2.23. The molecule has 200 valence electrons. The maximum atomic E-state index is 11.7. The van der Waals surface area contributed by atoms with Crippen LogP contribution in [0.25, 0.3) is 11.0 Å². The van der Waals surface area contributed by atoms with Crippen LogP contribution >= 0.6 is 0 Å². The van der Waals surface area contributed by atoms with Crippen molar-refractivity contribution in [2.75, 3.05) is 19.8 Å². The van der Waals surface area contributed by atoms with Crippen LogP contribution in [0.1, 0.15) is 36.8 Å². The number of carbonyl (C=O) groups is 1. The molecule has 4 N–H and O–H groups in total. The Morgan fingerprint density at radius 2 is 1.84 bits per heavy atom. The number of rotatable bonds is 12. The van der Waals surface area contributed by atoms with Gasteiger partial charge in [0.05, 0.1) is 18.3 Å². The normalized spacial score (nSPS) is 12.3. The Bertz CT molecular complexity index is 1410. The number of imidazole rings is 1. The molecule has 0 radical (unpaired) electrons. The SMILES string of the molecule is CCOC(=O)c1ccc(Oc2ccc(CC(C)(C)NC[C@H](O)COc3cccc4[nH]c(=O)[nH]c34)cc2)cn1. The molecular formula is C28H32N4O6. The van der Waals surface area contributed by atoms with E-state index in [9.17, 15) is 14.7 Å². The Kier molecular flexibility index (Phi) is 8.45. The third-order valence-electron chi connectivity index (χ3n) is 5.79. The van der Waals surface area contributed by atoms with E-state index in [0.29, 0.717) is 41.4 Å². The zero-order chi connectivity index (χ0) is 27.1. The highest BCUT2D eigenvalue weighted by Gasteiger charge is 2.20. The van der Waals surface area contributed by atoms with Gasteiger partial charge in [0.15, 0.2) is 0 Å². The number of H-pyrrole nitrogens is 2. The van der Waals surface area contributed by atoms with Crippen molar-refractivity contribution in [1.29, 1.82) is 0 Å². The Morgan fingerprint density at radius 3 is 2.55 bits per heavy atom. The van der Waals surface area contributed by atoms with Gasteiger partial charge in [0.25, 0.3) is 0 Å². The first-order chi connectivity index (χ1) is 18.2. The topological polar surface area (TPSA) is 139 Å². The predicted molar refractivity (Wildman–Crippen MR) is 143 cm³/mol. The molecule has 0 aliphatic rings. The first-order valence-corrected chi connectivity index (χ1v) is 12.4. The minimum atomic E-state index is -0.741. The van der Waals surface area contributed by atoms with Gasteiger partial charge in [0.1, 0.15) is 41.2 Å². The van der Waals surface area contributed by atoms with E-state index < -0.39 is 12.1 Å². The molecule has 2 aromatic heterocycles. The lowest BCUT2D eigenvalue weighted by molar-refractivity contribution is 0.0519. The van der Waals surface area contributed by atoms with Crippen LogP contribution in [0.2, 0.25) is 0 Å². The number of pyridine rings is 1. The molecule has 0 bridgehead atoms. The Labute approximate surface area is 220 Å². The smallest absolute Gasteiger partial charge is 0.356 e. The van der Waals surface area contributed by atoms with E-state index in [1.807, 2.05) is 24.3 Å². The summed E-state index contributed by atoms with van der Waals surface area (Å²) in [5.41, 5.74) is 1.97. The van der Waals surface area contributed by atoms with Crippen LogP contribution in [-0.2, 0) is 11.2 Å². The maximum absolute atomic E-state index is 11.7. The summed E-state index contributed by atoms with van der Waals surface area (Å²) in [6.45, 7) is 6.58. The molecule has 10 nitrogen and oxygen atoms in total. The van der Waals surface area contributed by atoms with E-state index in [2.05, 4.69) is 34.1 Å². The van der Waals surface area contributed by atoms with E-state index >= 15 is 0 Å². The summed E-state index contributed by atoms with van der Waals surface area (Å²) < 4.78 is 16.5. The number of aromatic nitrogens is 3. The maximum Gasteiger partial charge on any atom is 0.356 e. The van der Waals surface area contributed by atoms with Gasteiger partial charge >= 0.3 is 11.7 Å². The second-order valence-corrected chi connectivity index (χ2v) is 9.51. The lowest BCUT2D eigenvalue weighted by atomic mass is 9.94. The number of aliphatic hydroxyl groups is 1. The molecular weight excluding hydrogens is 488 g/mol. The van der Waals surface area contributed by atoms with Gasteiger partial charge in [-0.25, -0.2) is 14.6 Å². The fraction of sp³-hybridized carbons (Fsp3) is 0.321. The third kappa shape index (κ3) is 7.21. The van der Waals surface area contributed by atoms with Crippen LogP contribution in [0, 0.1) is 0 Å². The number of nitrogens with one attached hydrogen (secondary N) is 3. The Balaban J connectivity index is 1.25. The number of para-hydroxylation sites is 1. The lowest BCUT2D eigenvalue weighted by Crippen LogP contribution is -2.46. The van der Waals surface area contributed by atoms with Gasteiger partial charge in [-0.1, -0.05) is 18.2 Å². The Morgan fingerprint density at radius 1 is 1.08 bits per heavy atom. The summed E-state index contributed by atoms with van der Waals surface area (Å²) in [7, 11) is 0. The van der Waals surface area contributed by atoms with Crippen molar-refractivity contribution in [3.63, 3.8) is 0 Å². The lowest BCUT2D eigenvalue weighted by Gasteiger charge is -2.28. The van der Waals surface area contributed by atoms with Gasteiger partial charge in [-0.3, -0.25) is 0 Å². The highest BCUT2D eigenvalue weighted by molar-refractivity contribution is 5.87. The van der Waals surface area contributed by atoms with E-state index in [4.69, 9.17) is 14.2 Å². The molecule has 2 aromatic carbocycles. The number of nitrogens with zero attached hydrogens (tertiary/aromatic N) is 1. The molecule has 4 rings (SSSR count). The van der Waals surface area contributed by atoms with Crippen molar-refractivity contribution in [3.8, 4) is 17.2 Å². The van der Waals surface area contributed by atoms with E-state index in [-0.39, 0.29) is 23.5 Å². The molecule has 0 saturated carbocycles. The fourth-order valence-corrected chi connectivity index (χ4v) is 3.94. The van der Waals surface area contributed by atoms with Gasteiger partial charge in [-0.15, -0.1) is 0 Å². The van der Waals surface area contributed by atoms with Crippen molar-refractivity contribution in [1.82, 2.24) is 20.3 Å². The highest BCUT2D eigenvalue weighted by atomic mass is 16.5. The van der Waals surface area contributed by atoms with Gasteiger partial charge < -0.3 is 34.6 Å². The van der Waals surface area contributed by atoms with Crippen LogP contribution in [0.5, 0.6) is 17.2 Å². The van der Waals surface area contributed by atoms with Crippen molar-refractivity contribution in [2.24, 2.45) is 0 Å². The number of ether oxygens (including phenoxy) is 3. The summed E-state index contributed by atoms with van der Waals surface area (Å²) in [5, 5.41) is 13.8. The second kappa shape index (κ2) is 11.9. The van der Waals surface area contributed by atoms with Gasteiger partial charge in [0, 0.05) is 12.1 Å². The zero-order valence-corrected chi connectivity index (χ0v) is 21.6. The average Bonchev–Trinajstić information content (AvgIpc) is 3.28. The average molecular weight is 521 g/mol. The molecule has 0 aliphatic carbocycles. The first kappa shape index (κ1) is 26.9. The summed E-state index contributed by atoms with van der Waals surface area (Å²) in [4.78, 5) is 32.7. The third-order valence-corrected chi connectivity index (χ3v) is 5.79.